The van der Waals surface area contributed by atoms with Gasteiger partial charge in [0.2, 0.25) is 0 Å². The summed E-state index contributed by atoms with van der Waals surface area (Å²) in [6, 6.07) is 9.18. The van der Waals surface area contributed by atoms with E-state index in [-0.39, 0.29) is 0 Å². The van der Waals surface area contributed by atoms with Crippen LogP contribution in [-0.4, -0.2) is 5.33 Å². The summed E-state index contributed by atoms with van der Waals surface area (Å²) >= 11 is 3.48. The molecule has 1 aromatic carbocycles. The summed E-state index contributed by atoms with van der Waals surface area (Å²) in [4.78, 5) is 0. The first-order valence-electron chi connectivity index (χ1n) is 5.55. The fourth-order valence-electron chi connectivity index (χ4n) is 2.02. The van der Waals surface area contributed by atoms with Gasteiger partial charge in [-0.25, -0.2) is 0 Å². The summed E-state index contributed by atoms with van der Waals surface area (Å²) in [5, 5.41) is 1.11. The summed E-state index contributed by atoms with van der Waals surface area (Å²) in [6.45, 7) is 0. The van der Waals surface area contributed by atoms with Crippen LogP contribution in [0.5, 0.6) is 0 Å². The highest BCUT2D eigenvalue weighted by molar-refractivity contribution is 9.09. The second-order valence-electron chi connectivity index (χ2n) is 4.17. The van der Waals surface area contributed by atoms with Gasteiger partial charge in [0.15, 0.2) is 0 Å². The molecule has 0 saturated heterocycles. The molecule has 0 atom stereocenters. The minimum Gasteiger partial charge on any atom is -0.0928 e. The number of benzene rings is 1. The number of hydrogen-bond donors (Lipinski definition) is 0. The van der Waals surface area contributed by atoms with Gasteiger partial charge in [0, 0.05) is 5.33 Å². The van der Waals surface area contributed by atoms with Gasteiger partial charge in [-0.15, -0.1) is 0 Å². The van der Waals surface area contributed by atoms with E-state index in [1.807, 2.05) is 0 Å². The molecule has 1 heteroatoms. The third kappa shape index (κ3) is 2.38. The largest absolute Gasteiger partial charge is 0.0928 e. The molecule has 0 aliphatic heterocycles. The lowest BCUT2D eigenvalue weighted by atomic mass is 9.79. The molecule has 0 bridgehead atoms. The Morgan fingerprint density at radius 1 is 1.29 bits per heavy atom. The Morgan fingerprint density at radius 3 is 2.79 bits per heavy atom. The molecule has 0 amide bonds. The van der Waals surface area contributed by atoms with E-state index in [9.17, 15) is 0 Å². The molecule has 0 unspecified atom stereocenters. The highest BCUT2D eigenvalue weighted by atomic mass is 79.9. The van der Waals surface area contributed by atoms with Crippen molar-refractivity contribution in [3.05, 3.63) is 35.4 Å². The lowest BCUT2D eigenvalue weighted by molar-refractivity contribution is 0.419. The first kappa shape index (κ1) is 10.2. The van der Waals surface area contributed by atoms with Crippen LogP contribution < -0.4 is 0 Å². The molecule has 76 valence electrons. The Morgan fingerprint density at radius 2 is 2.14 bits per heavy atom. The van der Waals surface area contributed by atoms with Crippen molar-refractivity contribution in [2.24, 2.45) is 0 Å². The second-order valence-corrected chi connectivity index (χ2v) is 4.96. The van der Waals surface area contributed by atoms with Crippen LogP contribution in [0.4, 0.5) is 0 Å². The van der Waals surface area contributed by atoms with E-state index in [0.717, 1.165) is 11.2 Å². The minimum absolute atomic E-state index is 0.874. The number of aryl methyl sites for hydroxylation is 1. The lowest BCUT2D eigenvalue weighted by Crippen LogP contribution is -2.08. The van der Waals surface area contributed by atoms with Gasteiger partial charge in [-0.2, -0.15) is 0 Å². The zero-order valence-corrected chi connectivity index (χ0v) is 10.1. The molecule has 0 radical (unpaired) electrons. The second kappa shape index (κ2) is 4.97. The summed E-state index contributed by atoms with van der Waals surface area (Å²) in [5.41, 5.74) is 3.08. The summed E-state index contributed by atoms with van der Waals surface area (Å²) in [5.74, 6) is 0.874. The van der Waals surface area contributed by atoms with Gasteiger partial charge in [-0.3, -0.25) is 0 Å². The van der Waals surface area contributed by atoms with Crippen molar-refractivity contribution in [3.63, 3.8) is 0 Å². The van der Waals surface area contributed by atoms with E-state index in [0.29, 0.717) is 0 Å². The van der Waals surface area contributed by atoms with Crippen molar-refractivity contribution < 1.29 is 0 Å². The zero-order valence-electron chi connectivity index (χ0n) is 8.51. The average molecular weight is 253 g/mol. The van der Waals surface area contributed by atoms with Crippen LogP contribution >= 0.6 is 15.9 Å². The molecule has 0 N–H and O–H groups in total. The van der Waals surface area contributed by atoms with Crippen molar-refractivity contribution >= 4 is 15.9 Å². The SMILES string of the molecule is BrCCCc1cccc(C2CCC2)c1. The van der Waals surface area contributed by atoms with Crippen molar-refractivity contribution in [2.45, 2.75) is 38.0 Å². The topological polar surface area (TPSA) is 0 Å². The van der Waals surface area contributed by atoms with Gasteiger partial charge >= 0.3 is 0 Å². The van der Waals surface area contributed by atoms with Crippen LogP contribution in [0.2, 0.25) is 0 Å². The van der Waals surface area contributed by atoms with E-state index in [2.05, 4.69) is 40.2 Å². The third-order valence-corrected chi connectivity index (χ3v) is 3.69. The van der Waals surface area contributed by atoms with Crippen LogP contribution in [0.15, 0.2) is 24.3 Å². The maximum absolute atomic E-state index is 3.48. The van der Waals surface area contributed by atoms with E-state index in [1.54, 1.807) is 5.56 Å². The smallest absolute Gasteiger partial charge is 0.00344 e. The normalized spacial score (nSPS) is 16.6. The zero-order chi connectivity index (χ0) is 9.80. The number of hydrogen-bond acceptors (Lipinski definition) is 0. The standard InChI is InChI=1S/C13H17Br/c14-9-3-5-11-4-1-8-13(10-11)12-6-2-7-12/h1,4,8,10,12H,2-3,5-7,9H2. The van der Waals surface area contributed by atoms with Crippen molar-refractivity contribution in [2.75, 3.05) is 5.33 Å². The molecule has 0 spiro atoms. The first-order chi connectivity index (χ1) is 6.90. The Kier molecular flexibility index (Phi) is 3.63. The Hall–Kier alpha value is -0.300. The maximum Gasteiger partial charge on any atom is 0.00344 e. The number of halogens is 1. The van der Waals surface area contributed by atoms with E-state index < -0.39 is 0 Å². The molecule has 0 heterocycles. The third-order valence-electron chi connectivity index (χ3n) is 3.13. The molecule has 2 rings (SSSR count). The van der Waals surface area contributed by atoms with Crippen molar-refractivity contribution in [1.29, 1.82) is 0 Å². The molecule has 1 aliphatic carbocycles. The molecule has 0 aromatic heterocycles. The predicted octanol–water partition coefficient (Wildman–Crippen LogP) is 4.28. The van der Waals surface area contributed by atoms with Crippen molar-refractivity contribution in [1.82, 2.24) is 0 Å². The summed E-state index contributed by atoms with van der Waals surface area (Å²) in [7, 11) is 0. The van der Waals surface area contributed by atoms with Gasteiger partial charge in [-0.05, 0) is 42.7 Å². The van der Waals surface area contributed by atoms with Crippen LogP contribution in [0.1, 0.15) is 42.7 Å². The molecule has 1 aromatic rings. The maximum atomic E-state index is 3.48. The van der Waals surface area contributed by atoms with E-state index in [1.165, 1.54) is 37.7 Å². The molecule has 14 heavy (non-hydrogen) atoms. The molecule has 0 nitrogen and oxygen atoms in total. The lowest BCUT2D eigenvalue weighted by Gasteiger charge is -2.26. The van der Waals surface area contributed by atoms with Gasteiger partial charge in [0.1, 0.15) is 0 Å². The van der Waals surface area contributed by atoms with Crippen LogP contribution in [0.25, 0.3) is 0 Å². The monoisotopic (exact) mass is 252 g/mol. The fourth-order valence-corrected chi connectivity index (χ4v) is 2.30. The molecule has 1 saturated carbocycles. The highest BCUT2D eigenvalue weighted by Gasteiger charge is 2.19. The molecule has 1 aliphatic rings. The van der Waals surface area contributed by atoms with Crippen LogP contribution in [0.3, 0.4) is 0 Å². The van der Waals surface area contributed by atoms with Crippen LogP contribution in [-0.2, 0) is 6.42 Å². The molecule has 1 fully saturated rings. The Labute approximate surface area is 94.8 Å². The molecular weight excluding hydrogens is 236 g/mol. The number of alkyl halides is 1. The van der Waals surface area contributed by atoms with Crippen LogP contribution in [0, 0.1) is 0 Å². The number of rotatable bonds is 4. The average Bonchev–Trinajstić information content (AvgIpc) is 2.13. The summed E-state index contributed by atoms with van der Waals surface area (Å²) in [6.07, 6.45) is 6.69. The molecular formula is C13H17Br. The van der Waals surface area contributed by atoms with E-state index >= 15 is 0 Å². The highest BCUT2D eigenvalue weighted by Crippen LogP contribution is 2.36. The quantitative estimate of drug-likeness (QED) is 0.702. The Balaban J connectivity index is 2.02. The van der Waals surface area contributed by atoms with Crippen molar-refractivity contribution in [3.8, 4) is 0 Å². The van der Waals surface area contributed by atoms with Gasteiger partial charge in [0.25, 0.3) is 0 Å². The van der Waals surface area contributed by atoms with Gasteiger partial charge in [-0.1, -0.05) is 46.6 Å². The van der Waals surface area contributed by atoms with E-state index in [4.69, 9.17) is 0 Å². The van der Waals surface area contributed by atoms with Gasteiger partial charge < -0.3 is 0 Å². The summed E-state index contributed by atoms with van der Waals surface area (Å²) < 4.78 is 0. The fraction of sp³-hybridized carbons (Fsp3) is 0.538. The Bertz CT molecular complexity index is 289. The minimum atomic E-state index is 0.874. The first-order valence-corrected chi connectivity index (χ1v) is 6.67. The predicted molar refractivity (Wildman–Crippen MR) is 65.1 cm³/mol. The van der Waals surface area contributed by atoms with Gasteiger partial charge in [0.05, 0.1) is 0 Å².